The van der Waals surface area contributed by atoms with Crippen molar-refractivity contribution in [2.75, 3.05) is 19.5 Å². The van der Waals surface area contributed by atoms with E-state index in [-0.39, 0.29) is 0 Å². The quantitative estimate of drug-likeness (QED) is 0.628. The number of ether oxygens (including phenoxy) is 2. The molecule has 0 aliphatic heterocycles. The Morgan fingerprint density at radius 3 is 2.71 bits per heavy atom. The van der Waals surface area contributed by atoms with Crippen LogP contribution in [0.15, 0.2) is 61.4 Å². The second-order valence-electron chi connectivity index (χ2n) is 5.93. The predicted molar refractivity (Wildman–Crippen MR) is 105 cm³/mol. The van der Waals surface area contributed by atoms with Crippen LogP contribution in [0.1, 0.15) is 15.9 Å². The molecule has 144 valence electrons. The topological polar surface area (TPSA) is 65.4 Å². The molecule has 3 aromatic rings. The number of carbonyl (C=O) groups excluding carboxylic acids is 1. The van der Waals surface area contributed by atoms with E-state index in [0.717, 1.165) is 5.56 Å². The Bertz CT molecular complexity index is 1000. The van der Waals surface area contributed by atoms with Crippen molar-refractivity contribution in [1.29, 1.82) is 0 Å². The van der Waals surface area contributed by atoms with Crippen LogP contribution in [0.3, 0.4) is 0 Å². The van der Waals surface area contributed by atoms with Crippen molar-refractivity contribution < 1.29 is 18.7 Å². The van der Waals surface area contributed by atoms with Crippen LogP contribution < -0.4 is 14.8 Å². The molecule has 0 bridgehead atoms. The highest BCUT2D eigenvalue weighted by atomic mass is 19.1. The van der Waals surface area contributed by atoms with Crippen LogP contribution >= 0.6 is 0 Å². The molecule has 1 amide bonds. The first kappa shape index (κ1) is 19.2. The Morgan fingerprint density at radius 2 is 2.11 bits per heavy atom. The number of amides is 1. The lowest BCUT2D eigenvalue weighted by atomic mass is 10.0. The fourth-order valence-electron chi connectivity index (χ4n) is 2.87. The van der Waals surface area contributed by atoms with Crippen LogP contribution in [0.2, 0.25) is 0 Å². The minimum absolute atomic E-state index is 0.294. The summed E-state index contributed by atoms with van der Waals surface area (Å²) in [5.41, 5.74) is 1.76. The predicted octanol–water partition coefficient (Wildman–Crippen LogP) is 4.01. The Labute approximate surface area is 162 Å². The average Bonchev–Trinajstić information content (AvgIpc) is 3.22. The van der Waals surface area contributed by atoms with E-state index in [1.807, 2.05) is 0 Å². The van der Waals surface area contributed by atoms with Crippen molar-refractivity contribution in [1.82, 2.24) is 9.78 Å². The summed E-state index contributed by atoms with van der Waals surface area (Å²) in [4.78, 5) is 12.7. The van der Waals surface area contributed by atoms with Gasteiger partial charge in [0.1, 0.15) is 5.69 Å². The highest BCUT2D eigenvalue weighted by Crippen LogP contribution is 2.33. The Hall–Kier alpha value is -3.61. The van der Waals surface area contributed by atoms with Crippen molar-refractivity contribution in [3.63, 3.8) is 0 Å². The van der Waals surface area contributed by atoms with Crippen LogP contribution in [0.5, 0.6) is 11.5 Å². The van der Waals surface area contributed by atoms with E-state index in [1.165, 1.54) is 25.0 Å². The number of rotatable bonds is 7. The first-order valence-corrected chi connectivity index (χ1v) is 8.54. The molecule has 0 atom stereocenters. The van der Waals surface area contributed by atoms with Gasteiger partial charge in [-0.05, 0) is 42.8 Å². The zero-order valence-corrected chi connectivity index (χ0v) is 15.6. The molecule has 0 aliphatic carbocycles. The Morgan fingerprint density at radius 1 is 1.29 bits per heavy atom. The Balaban J connectivity index is 1.87. The van der Waals surface area contributed by atoms with Crippen LogP contribution in [-0.4, -0.2) is 29.9 Å². The monoisotopic (exact) mass is 381 g/mol. The van der Waals surface area contributed by atoms with Gasteiger partial charge >= 0.3 is 0 Å². The summed E-state index contributed by atoms with van der Waals surface area (Å²) in [6, 6.07) is 9.40. The third-order valence-corrected chi connectivity index (χ3v) is 4.14. The molecule has 0 saturated carbocycles. The van der Waals surface area contributed by atoms with Crippen molar-refractivity contribution in [3.05, 3.63) is 78.4 Å². The summed E-state index contributed by atoms with van der Waals surface area (Å²) in [6.45, 7) is 3.72. The molecule has 1 aromatic heterocycles. The van der Waals surface area contributed by atoms with Crippen LogP contribution in [-0.2, 0) is 6.42 Å². The second-order valence-corrected chi connectivity index (χ2v) is 5.93. The van der Waals surface area contributed by atoms with Gasteiger partial charge in [0.25, 0.3) is 5.91 Å². The maximum atomic E-state index is 14.4. The summed E-state index contributed by atoms with van der Waals surface area (Å²) in [5, 5.41) is 6.70. The summed E-state index contributed by atoms with van der Waals surface area (Å²) in [6.07, 6.45) is 5.42. The molecular formula is C21H20FN3O3. The first-order chi connectivity index (χ1) is 13.6. The average molecular weight is 381 g/mol. The number of allylic oxidation sites excluding steroid dienone is 1. The number of halogens is 1. The fraction of sp³-hybridized carbons (Fsp3) is 0.143. The van der Waals surface area contributed by atoms with Crippen molar-refractivity contribution >= 4 is 11.6 Å². The number of methoxy groups -OCH3 is 2. The molecule has 0 spiro atoms. The Kier molecular flexibility index (Phi) is 5.74. The number of nitrogens with one attached hydrogen (secondary N) is 1. The largest absolute Gasteiger partial charge is 0.493 e. The molecule has 0 saturated heterocycles. The van der Waals surface area contributed by atoms with E-state index in [4.69, 9.17) is 9.47 Å². The highest BCUT2D eigenvalue weighted by molar-refractivity contribution is 6.05. The zero-order valence-electron chi connectivity index (χ0n) is 15.6. The third-order valence-electron chi connectivity index (χ3n) is 4.14. The number of carbonyl (C=O) groups is 1. The molecule has 3 rings (SSSR count). The van der Waals surface area contributed by atoms with Crippen molar-refractivity contribution in [2.45, 2.75) is 6.42 Å². The summed E-state index contributed by atoms with van der Waals surface area (Å²) in [7, 11) is 3.04. The normalized spacial score (nSPS) is 10.4. The van der Waals surface area contributed by atoms with E-state index in [1.54, 1.807) is 48.8 Å². The summed E-state index contributed by atoms with van der Waals surface area (Å²) >= 11 is 0. The SMILES string of the molecule is C=CCc1cc(C(=O)Nc2ccc(-n3cccn3)c(F)c2)cc(OC)c1OC. The second kappa shape index (κ2) is 8.39. The van der Waals surface area contributed by atoms with E-state index in [2.05, 4.69) is 17.0 Å². The number of nitrogens with zero attached hydrogens (tertiary/aromatic N) is 2. The van der Waals surface area contributed by atoms with Gasteiger partial charge in [-0.2, -0.15) is 5.10 Å². The summed E-state index contributed by atoms with van der Waals surface area (Å²) in [5.74, 6) is 0.0967. The maximum Gasteiger partial charge on any atom is 0.255 e. The lowest BCUT2D eigenvalue weighted by Gasteiger charge is -2.14. The fourth-order valence-corrected chi connectivity index (χ4v) is 2.87. The third kappa shape index (κ3) is 3.88. The van der Waals surface area contributed by atoms with Crippen LogP contribution in [0.4, 0.5) is 10.1 Å². The number of hydrogen-bond acceptors (Lipinski definition) is 4. The van der Waals surface area contributed by atoms with Gasteiger partial charge in [-0.3, -0.25) is 4.79 Å². The van der Waals surface area contributed by atoms with E-state index < -0.39 is 11.7 Å². The molecule has 0 fully saturated rings. The van der Waals surface area contributed by atoms with Gasteiger partial charge in [0, 0.05) is 29.2 Å². The lowest BCUT2D eigenvalue weighted by molar-refractivity contribution is 0.102. The molecule has 7 heteroatoms. The van der Waals surface area contributed by atoms with Gasteiger partial charge < -0.3 is 14.8 Å². The van der Waals surface area contributed by atoms with Crippen LogP contribution in [0.25, 0.3) is 5.69 Å². The van der Waals surface area contributed by atoms with Gasteiger partial charge in [0.15, 0.2) is 17.3 Å². The van der Waals surface area contributed by atoms with E-state index in [0.29, 0.717) is 34.9 Å². The molecule has 0 unspecified atom stereocenters. The van der Waals surface area contributed by atoms with E-state index in [9.17, 15) is 9.18 Å². The first-order valence-electron chi connectivity index (χ1n) is 8.54. The molecule has 28 heavy (non-hydrogen) atoms. The lowest BCUT2D eigenvalue weighted by Crippen LogP contribution is -2.13. The molecule has 1 N–H and O–H groups in total. The van der Waals surface area contributed by atoms with Gasteiger partial charge in [-0.25, -0.2) is 9.07 Å². The molecule has 0 radical (unpaired) electrons. The van der Waals surface area contributed by atoms with Gasteiger partial charge in [0.05, 0.1) is 14.2 Å². The zero-order chi connectivity index (χ0) is 20.1. The molecular weight excluding hydrogens is 361 g/mol. The van der Waals surface area contributed by atoms with Crippen molar-refractivity contribution in [3.8, 4) is 17.2 Å². The van der Waals surface area contributed by atoms with Crippen molar-refractivity contribution in [2.24, 2.45) is 0 Å². The standard InChI is InChI=1S/C21H20FN3O3/c1-4-6-14-11-15(12-19(27-2)20(14)28-3)21(26)24-16-7-8-18(17(22)13-16)25-10-5-9-23-25/h4-5,7-13H,1,6H2,2-3H3,(H,24,26). The van der Waals surface area contributed by atoms with Gasteiger partial charge in [-0.1, -0.05) is 6.08 Å². The molecule has 6 nitrogen and oxygen atoms in total. The number of benzene rings is 2. The molecule has 2 aromatic carbocycles. The van der Waals surface area contributed by atoms with Crippen LogP contribution in [0, 0.1) is 5.82 Å². The number of hydrogen-bond donors (Lipinski definition) is 1. The summed E-state index contributed by atoms with van der Waals surface area (Å²) < 4.78 is 26.5. The van der Waals surface area contributed by atoms with Gasteiger partial charge in [0.2, 0.25) is 0 Å². The number of aromatic nitrogens is 2. The molecule has 1 heterocycles. The molecule has 0 aliphatic rings. The number of anilines is 1. The maximum absolute atomic E-state index is 14.4. The van der Waals surface area contributed by atoms with Gasteiger partial charge in [-0.15, -0.1) is 6.58 Å². The minimum atomic E-state index is -0.499. The highest BCUT2D eigenvalue weighted by Gasteiger charge is 2.16. The minimum Gasteiger partial charge on any atom is -0.493 e. The smallest absolute Gasteiger partial charge is 0.255 e. The van der Waals surface area contributed by atoms with E-state index >= 15 is 0 Å².